The molecule has 72 heavy (non-hydrogen) atoms. The Morgan fingerprint density at radius 2 is 1.03 bits per heavy atom. The quantitative estimate of drug-likeness (QED) is 0.0906. The zero-order valence-corrected chi connectivity index (χ0v) is 43.0. The summed E-state index contributed by atoms with van der Waals surface area (Å²) in [7, 11) is 0. The first kappa shape index (κ1) is 50.5. The van der Waals surface area contributed by atoms with Gasteiger partial charge in [0.1, 0.15) is 63.3 Å². The Kier molecular flexibility index (Phi) is 15.8. The summed E-state index contributed by atoms with van der Waals surface area (Å²) in [6.45, 7) is 15.8. The molecule has 0 saturated carbocycles. The van der Waals surface area contributed by atoms with Crippen molar-refractivity contribution in [3.05, 3.63) is 164 Å². The van der Waals surface area contributed by atoms with Crippen molar-refractivity contribution >= 4 is 66.0 Å². The minimum absolute atomic E-state index is 0.108. The highest BCUT2D eigenvalue weighted by Gasteiger charge is 2.26. The summed E-state index contributed by atoms with van der Waals surface area (Å²) in [4.78, 5) is 32.7. The first-order valence-electron chi connectivity index (χ1n) is 24.1. The molecule has 2 atom stereocenters. The number of likely N-dealkylation sites (tertiary alicyclic amines) is 2. The van der Waals surface area contributed by atoms with Crippen molar-refractivity contribution in [3.8, 4) is 46.0 Å². The normalized spacial score (nSPS) is 15.9. The lowest BCUT2D eigenvalue weighted by Gasteiger charge is -2.15. The number of ether oxygens (including phenoxy) is 4. The van der Waals surface area contributed by atoms with Gasteiger partial charge in [-0.15, -0.1) is 22.7 Å². The number of carbonyl (C=O) groups is 2. The van der Waals surface area contributed by atoms with Gasteiger partial charge in [-0.3, -0.25) is 19.4 Å². The van der Waals surface area contributed by atoms with Gasteiger partial charge in [0.15, 0.2) is 11.5 Å². The van der Waals surface area contributed by atoms with E-state index in [1.54, 1.807) is 61.5 Å². The standard InChI is InChI=1S/C29H28ClNO4S.C29H28FNO4S/c2*1-18-11-12-31(17-18)13-14-34-22-5-7-23(8-6-22)35-28-25-10-4-21(32)16-26(25)36-29(28)27(33)24-9-3-20(30)15-19(24)2/h2*3-10,15-16,18,32H,11-14,17H2,1-2H3/t2*18-/m00/s1. The van der Waals surface area contributed by atoms with Crippen molar-refractivity contribution in [1.29, 1.82) is 0 Å². The van der Waals surface area contributed by atoms with Gasteiger partial charge in [-0.05, 0) is 184 Å². The number of nitrogens with zero attached hydrogens (tertiary/aromatic N) is 2. The van der Waals surface area contributed by atoms with Crippen LogP contribution in [0.15, 0.2) is 121 Å². The third-order valence-electron chi connectivity index (χ3n) is 13.0. The summed E-state index contributed by atoms with van der Waals surface area (Å²) < 4.78 is 39.5. The number of aromatic hydroxyl groups is 2. The molecule has 372 valence electrons. The Bertz CT molecular complexity index is 3010. The first-order valence-corrected chi connectivity index (χ1v) is 26.1. The predicted molar refractivity (Wildman–Crippen MR) is 286 cm³/mol. The molecule has 2 aliphatic heterocycles. The van der Waals surface area contributed by atoms with Gasteiger partial charge in [-0.1, -0.05) is 25.4 Å². The average Bonchev–Trinajstić information content (AvgIpc) is 4.15. The molecule has 2 aliphatic rings. The van der Waals surface area contributed by atoms with Crippen LogP contribution in [0.2, 0.25) is 5.02 Å². The number of phenols is 2. The molecule has 0 unspecified atom stereocenters. The van der Waals surface area contributed by atoms with Crippen LogP contribution in [-0.2, 0) is 0 Å². The molecule has 0 aliphatic carbocycles. The van der Waals surface area contributed by atoms with Crippen molar-refractivity contribution < 1.29 is 43.1 Å². The number of carbonyl (C=O) groups excluding carboxylic acids is 2. The lowest BCUT2D eigenvalue weighted by molar-refractivity contribution is 0.103. The first-order chi connectivity index (χ1) is 34.7. The van der Waals surface area contributed by atoms with E-state index in [1.807, 2.05) is 55.5 Å². The molecule has 10 nitrogen and oxygen atoms in total. The number of benzene rings is 6. The van der Waals surface area contributed by atoms with Crippen molar-refractivity contribution in [2.75, 3.05) is 52.5 Å². The third kappa shape index (κ3) is 12.1. The molecule has 6 aromatic carbocycles. The number of ketones is 2. The number of phenolic OH excluding ortho intramolecular Hbond substituents is 2. The number of aryl methyl sites for hydroxylation is 2. The Morgan fingerprint density at radius 1 is 0.597 bits per heavy atom. The molecule has 2 aromatic heterocycles. The number of fused-ring (bicyclic) bond motifs is 2. The Labute approximate surface area is 431 Å². The second-order valence-electron chi connectivity index (χ2n) is 18.7. The van der Waals surface area contributed by atoms with E-state index in [0.29, 0.717) is 67.7 Å². The summed E-state index contributed by atoms with van der Waals surface area (Å²) in [5.41, 5.74) is 2.32. The molecule has 0 bridgehead atoms. The van der Waals surface area contributed by atoms with E-state index in [1.165, 1.54) is 53.7 Å². The minimum atomic E-state index is -0.390. The summed E-state index contributed by atoms with van der Waals surface area (Å²) in [6.07, 6.45) is 2.50. The molecular formula is C58H56ClFN2O8S2. The monoisotopic (exact) mass is 1030 g/mol. The van der Waals surface area contributed by atoms with Crippen LogP contribution in [0, 0.1) is 31.5 Å². The summed E-state index contributed by atoms with van der Waals surface area (Å²) >= 11 is 8.64. The largest absolute Gasteiger partial charge is 0.508 e. The minimum Gasteiger partial charge on any atom is -0.508 e. The van der Waals surface area contributed by atoms with Gasteiger partial charge in [-0.2, -0.15) is 0 Å². The van der Waals surface area contributed by atoms with E-state index in [9.17, 15) is 24.2 Å². The molecule has 10 rings (SSSR count). The fourth-order valence-electron chi connectivity index (χ4n) is 9.12. The van der Waals surface area contributed by atoms with Crippen molar-refractivity contribution in [1.82, 2.24) is 9.80 Å². The molecular weight excluding hydrogens is 971 g/mol. The number of hydrogen-bond acceptors (Lipinski definition) is 12. The van der Waals surface area contributed by atoms with Crippen LogP contribution in [0.4, 0.5) is 4.39 Å². The Balaban J connectivity index is 0.000000178. The van der Waals surface area contributed by atoms with E-state index in [4.69, 9.17) is 30.5 Å². The fourth-order valence-corrected chi connectivity index (χ4v) is 11.6. The molecule has 0 spiro atoms. The smallest absolute Gasteiger partial charge is 0.207 e. The predicted octanol–water partition coefficient (Wildman–Crippen LogP) is 14.1. The lowest BCUT2D eigenvalue weighted by atomic mass is 10.0. The zero-order chi connectivity index (χ0) is 50.5. The van der Waals surface area contributed by atoms with Crippen LogP contribution in [-0.4, -0.2) is 84.1 Å². The van der Waals surface area contributed by atoms with Crippen LogP contribution in [0.1, 0.15) is 68.3 Å². The second-order valence-corrected chi connectivity index (χ2v) is 21.2. The highest BCUT2D eigenvalue weighted by atomic mass is 35.5. The van der Waals surface area contributed by atoms with E-state index in [0.717, 1.165) is 88.3 Å². The molecule has 2 saturated heterocycles. The molecule has 0 amide bonds. The maximum absolute atomic E-state index is 13.6. The van der Waals surface area contributed by atoms with Crippen LogP contribution < -0.4 is 18.9 Å². The van der Waals surface area contributed by atoms with Crippen LogP contribution >= 0.6 is 34.3 Å². The summed E-state index contributed by atoms with van der Waals surface area (Å²) in [5.74, 6) is 4.58. The molecule has 14 heteroatoms. The average molecular weight is 1030 g/mol. The second kappa shape index (κ2) is 22.5. The number of thiophene rings is 2. The maximum Gasteiger partial charge on any atom is 0.207 e. The van der Waals surface area contributed by atoms with E-state index in [-0.39, 0.29) is 28.9 Å². The maximum atomic E-state index is 13.6. The molecule has 0 radical (unpaired) electrons. The van der Waals surface area contributed by atoms with Crippen LogP contribution in [0.3, 0.4) is 0 Å². The lowest BCUT2D eigenvalue weighted by Crippen LogP contribution is -2.25. The number of halogens is 2. The van der Waals surface area contributed by atoms with Gasteiger partial charge >= 0.3 is 0 Å². The van der Waals surface area contributed by atoms with Crippen LogP contribution in [0.5, 0.6) is 46.0 Å². The third-order valence-corrected chi connectivity index (χ3v) is 15.5. The molecule has 2 fully saturated rings. The van der Waals surface area contributed by atoms with E-state index < -0.39 is 0 Å². The number of hydrogen-bond donors (Lipinski definition) is 2. The SMILES string of the molecule is Cc1cc(Cl)ccc1C(=O)c1sc2cc(O)ccc2c1Oc1ccc(OCCN2CC[C@H](C)C2)cc1.Cc1cc(F)ccc1C(=O)c1sc2cc(O)ccc2c1Oc1ccc(OCCN2CC[C@H](C)C2)cc1. The molecule has 8 aromatic rings. The van der Waals surface area contributed by atoms with Gasteiger partial charge in [-0.25, -0.2) is 4.39 Å². The number of rotatable bonds is 16. The van der Waals surface area contributed by atoms with Crippen LogP contribution in [0.25, 0.3) is 20.2 Å². The Hall–Kier alpha value is -6.48. The highest BCUT2D eigenvalue weighted by Crippen LogP contribution is 2.45. The van der Waals surface area contributed by atoms with Gasteiger partial charge in [0, 0.05) is 62.5 Å². The Morgan fingerprint density at radius 3 is 1.44 bits per heavy atom. The summed E-state index contributed by atoms with van der Waals surface area (Å²) in [5, 5.41) is 22.0. The van der Waals surface area contributed by atoms with Crippen molar-refractivity contribution in [2.24, 2.45) is 11.8 Å². The van der Waals surface area contributed by atoms with Gasteiger partial charge in [0.2, 0.25) is 11.6 Å². The van der Waals surface area contributed by atoms with Crippen molar-refractivity contribution in [3.63, 3.8) is 0 Å². The van der Waals surface area contributed by atoms with E-state index >= 15 is 0 Å². The topological polar surface area (TPSA) is 118 Å². The zero-order valence-electron chi connectivity index (χ0n) is 40.6. The fraction of sp³-hybridized carbons (Fsp3) is 0.276. The summed E-state index contributed by atoms with van der Waals surface area (Å²) in [6, 6.07) is 34.1. The molecule has 2 N–H and O–H groups in total. The van der Waals surface area contributed by atoms with Gasteiger partial charge < -0.3 is 29.2 Å². The molecule has 4 heterocycles. The highest BCUT2D eigenvalue weighted by molar-refractivity contribution is 7.22. The van der Waals surface area contributed by atoms with E-state index in [2.05, 4.69) is 23.6 Å². The van der Waals surface area contributed by atoms with Crippen molar-refractivity contribution in [2.45, 2.75) is 40.5 Å². The van der Waals surface area contributed by atoms with Gasteiger partial charge in [0.25, 0.3) is 0 Å². The van der Waals surface area contributed by atoms with Gasteiger partial charge in [0.05, 0.1) is 0 Å².